The number of halogens is 1. The van der Waals surface area contributed by atoms with E-state index in [4.69, 9.17) is 11.6 Å². The van der Waals surface area contributed by atoms with Gasteiger partial charge in [0.15, 0.2) is 5.15 Å². The maximum absolute atomic E-state index is 10.0. The Morgan fingerprint density at radius 2 is 2.33 bits per heavy atom. The summed E-state index contributed by atoms with van der Waals surface area (Å²) in [5.41, 5.74) is 1.83. The fourth-order valence-corrected chi connectivity index (χ4v) is 3.35. The van der Waals surface area contributed by atoms with Crippen LogP contribution in [0.3, 0.4) is 0 Å². The molecule has 0 spiro atoms. The average molecular weight is 265 g/mol. The summed E-state index contributed by atoms with van der Waals surface area (Å²) in [4.78, 5) is 4.39. The summed E-state index contributed by atoms with van der Waals surface area (Å²) in [6, 6.07) is 5.89. The molecule has 3 rings (SSSR count). The fourth-order valence-electron chi connectivity index (χ4n) is 3.04. The predicted octanol–water partition coefficient (Wildman–Crippen LogP) is 3.25. The van der Waals surface area contributed by atoms with E-state index in [2.05, 4.69) is 18.8 Å². The lowest BCUT2D eigenvalue weighted by molar-refractivity contribution is -0.0792. The van der Waals surface area contributed by atoms with Crippen LogP contribution in [0, 0.1) is 5.41 Å². The van der Waals surface area contributed by atoms with E-state index < -0.39 is 0 Å². The van der Waals surface area contributed by atoms with Gasteiger partial charge in [-0.3, -0.25) is 0 Å². The number of aliphatic hydroxyl groups is 1. The average Bonchev–Trinajstić information content (AvgIpc) is 2.70. The molecule has 18 heavy (non-hydrogen) atoms. The summed E-state index contributed by atoms with van der Waals surface area (Å²) in [5.74, 6) is 0.280. The predicted molar refractivity (Wildman–Crippen MR) is 72.0 cm³/mol. The van der Waals surface area contributed by atoms with Gasteiger partial charge in [0, 0.05) is 17.5 Å². The Hall–Kier alpha value is -1.06. The highest BCUT2D eigenvalue weighted by atomic mass is 35.5. The van der Waals surface area contributed by atoms with Crippen LogP contribution >= 0.6 is 11.6 Å². The lowest BCUT2D eigenvalue weighted by Crippen LogP contribution is -2.49. The smallest absolute Gasteiger partial charge is 0.151 e. The number of hydrogen-bond donors (Lipinski definition) is 1. The molecule has 0 radical (unpaired) electrons. The first-order valence-electron chi connectivity index (χ1n) is 6.38. The Bertz CT molecular complexity index is 594. The van der Waals surface area contributed by atoms with Crippen molar-refractivity contribution in [3.8, 4) is 0 Å². The van der Waals surface area contributed by atoms with Crippen molar-refractivity contribution < 1.29 is 5.11 Å². The van der Waals surface area contributed by atoms with Gasteiger partial charge in [-0.25, -0.2) is 4.98 Å². The van der Waals surface area contributed by atoms with Crippen molar-refractivity contribution >= 4 is 17.2 Å². The molecule has 96 valence electrons. The van der Waals surface area contributed by atoms with Gasteiger partial charge < -0.3 is 9.51 Å². The zero-order chi connectivity index (χ0) is 12.9. The zero-order valence-corrected chi connectivity index (χ0v) is 11.4. The molecule has 2 heterocycles. The Balaban J connectivity index is 2.13. The van der Waals surface area contributed by atoms with E-state index >= 15 is 0 Å². The number of nitrogens with zero attached hydrogens (tertiary/aromatic N) is 2. The van der Waals surface area contributed by atoms with Crippen LogP contribution in [-0.4, -0.2) is 20.6 Å². The van der Waals surface area contributed by atoms with Gasteiger partial charge in [-0.1, -0.05) is 31.5 Å². The molecule has 3 atom stereocenters. The quantitative estimate of drug-likeness (QED) is 0.904. The maximum atomic E-state index is 10.0. The fraction of sp³-hybridized carbons (Fsp3) is 0.500. The summed E-state index contributed by atoms with van der Waals surface area (Å²) < 4.78 is 2.05. The van der Waals surface area contributed by atoms with Crippen LogP contribution in [0.2, 0.25) is 5.15 Å². The minimum Gasteiger partial charge on any atom is -0.393 e. The Morgan fingerprint density at radius 1 is 1.56 bits per heavy atom. The van der Waals surface area contributed by atoms with Gasteiger partial charge in [0.25, 0.3) is 0 Å². The van der Waals surface area contributed by atoms with Crippen LogP contribution < -0.4 is 0 Å². The Labute approximate surface area is 111 Å². The molecule has 1 saturated carbocycles. The van der Waals surface area contributed by atoms with E-state index in [1.807, 2.05) is 28.8 Å². The van der Waals surface area contributed by atoms with Crippen molar-refractivity contribution in [2.24, 2.45) is 5.41 Å². The number of hydrogen-bond acceptors (Lipinski definition) is 2. The van der Waals surface area contributed by atoms with Crippen LogP contribution in [-0.2, 0) is 0 Å². The Kier molecular flexibility index (Phi) is 2.65. The largest absolute Gasteiger partial charge is 0.393 e. The van der Waals surface area contributed by atoms with Crippen molar-refractivity contribution in [3.63, 3.8) is 0 Å². The van der Waals surface area contributed by atoms with Crippen molar-refractivity contribution in [3.05, 3.63) is 35.2 Å². The third kappa shape index (κ3) is 1.44. The van der Waals surface area contributed by atoms with Gasteiger partial charge in [0.1, 0.15) is 5.65 Å². The molecule has 3 unspecified atom stereocenters. The Morgan fingerprint density at radius 3 is 3.00 bits per heavy atom. The first-order chi connectivity index (χ1) is 8.58. The SMILES string of the molecule is CCC1(C)C(O)CC1c1c(Cl)nc2ccccn12. The van der Waals surface area contributed by atoms with Crippen LogP contribution in [0.25, 0.3) is 5.65 Å². The van der Waals surface area contributed by atoms with Crippen molar-refractivity contribution in [2.75, 3.05) is 0 Å². The van der Waals surface area contributed by atoms with Crippen molar-refractivity contribution in [1.82, 2.24) is 9.38 Å². The van der Waals surface area contributed by atoms with Gasteiger partial charge in [-0.2, -0.15) is 0 Å². The summed E-state index contributed by atoms with van der Waals surface area (Å²) in [6.07, 6.45) is 3.46. The minimum absolute atomic E-state index is 0.0879. The lowest BCUT2D eigenvalue weighted by Gasteiger charge is -2.51. The van der Waals surface area contributed by atoms with E-state index in [9.17, 15) is 5.11 Å². The van der Waals surface area contributed by atoms with E-state index in [1.54, 1.807) is 0 Å². The number of rotatable bonds is 2. The van der Waals surface area contributed by atoms with Crippen LogP contribution in [0.4, 0.5) is 0 Å². The molecule has 0 saturated heterocycles. The zero-order valence-electron chi connectivity index (χ0n) is 10.6. The molecule has 0 aromatic carbocycles. The summed E-state index contributed by atoms with van der Waals surface area (Å²) in [5, 5.41) is 10.6. The highest BCUT2D eigenvalue weighted by Crippen LogP contribution is 2.55. The molecule has 0 aliphatic heterocycles. The van der Waals surface area contributed by atoms with E-state index in [0.717, 1.165) is 24.2 Å². The van der Waals surface area contributed by atoms with Gasteiger partial charge in [-0.15, -0.1) is 0 Å². The maximum Gasteiger partial charge on any atom is 0.151 e. The molecular formula is C14H17ClN2O. The molecule has 4 heteroatoms. The molecule has 3 nitrogen and oxygen atoms in total. The van der Waals surface area contributed by atoms with Gasteiger partial charge in [-0.05, 0) is 25.0 Å². The third-order valence-electron chi connectivity index (χ3n) is 4.63. The molecule has 2 aromatic heterocycles. The molecule has 2 aromatic rings. The van der Waals surface area contributed by atoms with E-state index in [-0.39, 0.29) is 17.4 Å². The van der Waals surface area contributed by atoms with Crippen molar-refractivity contribution in [1.29, 1.82) is 0 Å². The molecule has 1 fully saturated rings. The number of imidazole rings is 1. The molecule has 1 N–H and O–H groups in total. The minimum atomic E-state index is -0.238. The number of aromatic nitrogens is 2. The standard InChI is InChI=1S/C14H17ClN2O/c1-3-14(2)9(8-10(14)18)12-13(15)16-11-6-4-5-7-17(11)12/h4-7,9-10,18H,3,8H2,1-2H3. The summed E-state index contributed by atoms with van der Waals surface area (Å²) in [6.45, 7) is 4.25. The molecule has 0 bridgehead atoms. The summed E-state index contributed by atoms with van der Waals surface area (Å²) in [7, 11) is 0. The molecule has 1 aliphatic carbocycles. The number of pyridine rings is 1. The highest BCUT2D eigenvalue weighted by molar-refractivity contribution is 6.30. The molecule has 1 aliphatic rings. The molecular weight excluding hydrogens is 248 g/mol. The second kappa shape index (κ2) is 3.97. The van der Waals surface area contributed by atoms with Crippen LogP contribution in [0.15, 0.2) is 24.4 Å². The van der Waals surface area contributed by atoms with Crippen molar-refractivity contribution in [2.45, 2.75) is 38.7 Å². The van der Waals surface area contributed by atoms with Gasteiger partial charge >= 0.3 is 0 Å². The van der Waals surface area contributed by atoms with Crippen LogP contribution in [0.1, 0.15) is 38.3 Å². The van der Waals surface area contributed by atoms with E-state index in [1.165, 1.54) is 0 Å². The third-order valence-corrected chi connectivity index (χ3v) is 4.91. The summed E-state index contributed by atoms with van der Waals surface area (Å²) >= 11 is 6.29. The van der Waals surface area contributed by atoms with E-state index in [0.29, 0.717) is 5.15 Å². The second-order valence-corrected chi connectivity index (χ2v) is 5.74. The lowest BCUT2D eigenvalue weighted by atomic mass is 9.56. The highest BCUT2D eigenvalue weighted by Gasteiger charge is 2.52. The topological polar surface area (TPSA) is 37.5 Å². The monoisotopic (exact) mass is 264 g/mol. The molecule has 0 amide bonds. The second-order valence-electron chi connectivity index (χ2n) is 5.38. The van der Waals surface area contributed by atoms with Gasteiger partial charge in [0.05, 0.1) is 11.8 Å². The van der Waals surface area contributed by atoms with Crippen LogP contribution in [0.5, 0.6) is 0 Å². The normalized spacial score (nSPS) is 31.6. The first kappa shape index (κ1) is 12.0. The first-order valence-corrected chi connectivity index (χ1v) is 6.76. The van der Waals surface area contributed by atoms with Gasteiger partial charge in [0.2, 0.25) is 0 Å². The number of aliphatic hydroxyl groups excluding tert-OH is 1. The number of fused-ring (bicyclic) bond motifs is 1.